The molecule has 0 aromatic carbocycles. The summed E-state index contributed by atoms with van der Waals surface area (Å²) in [4.78, 5) is 12.3. The number of allylic oxidation sites excluding steroid dienone is 1. The molecule has 0 unspecified atom stereocenters. The van der Waals surface area contributed by atoms with Crippen LogP contribution in [-0.4, -0.2) is 29.1 Å². The van der Waals surface area contributed by atoms with Crippen LogP contribution in [-0.2, 0) is 4.79 Å². The molecule has 1 rings (SSSR count). The molecule has 3 heteroatoms. The minimum Gasteiger partial charge on any atom is -0.395 e. The summed E-state index contributed by atoms with van der Waals surface area (Å²) in [6.45, 7) is 3.93. The molecule has 1 aliphatic rings. The quantitative estimate of drug-likeness (QED) is 0.580. The molecular formula is C7H9NO2. The summed E-state index contributed by atoms with van der Waals surface area (Å²) in [7, 11) is 0. The monoisotopic (exact) mass is 139 g/mol. The van der Waals surface area contributed by atoms with Gasteiger partial charge < -0.3 is 10.0 Å². The van der Waals surface area contributed by atoms with Gasteiger partial charge in [0, 0.05) is 18.3 Å². The maximum atomic E-state index is 10.8. The highest BCUT2D eigenvalue weighted by Gasteiger charge is 2.16. The summed E-state index contributed by atoms with van der Waals surface area (Å²) in [5.41, 5.74) is 0.652. The third kappa shape index (κ3) is 1.09. The first-order valence-corrected chi connectivity index (χ1v) is 3.05. The molecule has 0 radical (unpaired) electrons. The predicted molar refractivity (Wildman–Crippen MR) is 37.1 cm³/mol. The fraction of sp³-hybridized carbons (Fsp3) is 0.286. The van der Waals surface area contributed by atoms with Gasteiger partial charge in [0.1, 0.15) is 0 Å². The van der Waals surface area contributed by atoms with Gasteiger partial charge in [-0.05, 0) is 6.08 Å². The Morgan fingerprint density at radius 2 is 2.30 bits per heavy atom. The van der Waals surface area contributed by atoms with Crippen LogP contribution >= 0.6 is 0 Å². The molecule has 0 aromatic heterocycles. The third-order valence-corrected chi connectivity index (χ3v) is 1.35. The van der Waals surface area contributed by atoms with Gasteiger partial charge >= 0.3 is 0 Å². The van der Waals surface area contributed by atoms with E-state index in [1.165, 1.54) is 11.0 Å². The minimum atomic E-state index is -0.0981. The second kappa shape index (κ2) is 2.66. The molecular weight excluding hydrogens is 130 g/mol. The van der Waals surface area contributed by atoms with Crippen molar-refractivity contribution in [1.82, 2.24) is 4.90 Å². The van der Waals surface area contributed by atoms with Crippen molar-refractivity contribution in [3.63, 3.8) is 0 Å². The van der Waals surface area contributed by atoms with Crippen molar-refractivity contribution in [1.29, 1.82) is 0 Å². The largest absolute Gasteiger partial charge is 0.395 e. The zero-order valence-corrected chi connectivity index (χ0v) is 5.58. The van der Waals surface area contributed by atoms with Gasteiger partial charge in [-0.3, -0.25) is 4.79 Å². The molecule has 0 aromatic rings. The normalized spacial score (nSPS) is 17.1. The van der Waals surface area contributed by atoms with Gasteiger partial charge in [0.15, 0.2) is 0 Å². The summed E-state index contributed by atoms with van der Waals surface area (Å²) in [6, 6.07) is 0. The Morgan fingerprint density at radius 1 is 1.60 bits per heavy atom. The second-order valence-electron chi connectivity index (χ2n) is 2.04. The number of β-amino-alcohol motifs (C(OH)–C–C–N with tert-alkyl or cyclic N) is 1. The van der Waals surface area contributed by atoms with E-state index >= 15 is 0 Å². The molecule has 1 heterocycles. The van der Waals surface area contributed by atoms with Gasteiger partial charge in [0.05, 0.1) is 6.61 Å². The van der Waals surface area contributed by atoms with E-state index in [0.717, 1.165) is 0 Å². The minimum absolute atomic E-state index is 0.0214. The molecule has 0 aliphatic carbocycles. The number of aliphatic hydroxyl groups is 1. The lowest BCUT2D eigenvalue weighted by atomic mass is 10.4. The third-order valence-electron chi connectivity index (χ3n) is 1.35. The smallest absolute Gasteiger partial charge is 0.251 e. The van der Waals surface area contributed by atoms with E-state index in [9.17, 15) is 4.79 Å². The van der Waals surface area contributed by atoms with Gasteiger partial charge in [0.25, 0.3) is 5.91 Å². The van der Waals surface area contributed by atoms with E-state index in [0.29, 0.717) is 12.2 Å². The maximum Gasteiger partial charge on any atom is 0.251 e. The summed E-state index contributed by atoms with van der Waals surface area (Å²) >= 11 is 0. The summed E-state index contributed by atoms with van der Waals surface area (Å²) in [6.07, 6.45) is 3.08. The van der Waals surface area contributed by atoms with Crippen LogP contribution in [0.5, 0.6) is 0 Å². The Bertz CT molecular complexity index is 178. The van der Waals surface area contributed by atoms with E-state index in [1.807, 2.05) is 0 Å². The number of carbonyl (C=O) groups is 1. The van der Waals surface area contributed by atoms with Gasteiger partial charge in [-0.25, -0.2) is 0 Å². The number of hydrogen-bond acceptors (Lipinski definition) is 2. The van der Waals surface area contributed by atoms with Crippen molar-refractivity contribution < 1.29 is 9.90 Å². The first-order valence-electron chi connectivity index (χ1n) is 3.05. The maximum absolute atomic E-state index is 10.8. The number of nitrogens with zero attached hydrogens (tertiary/aromatic N) is 1. The lowest BCUT2D eigenvalue weighted by Crippen LogP contribution is -2.26. The molecule has 0 bridgehead atoms. The molecule has 1 aliphatic heterocycles. The highest BCUT2D eigenvalue weighted by Crippen LogP contribution is 2.10. The molecule has 0 saturated carbocycles. The van der Waals surface area contributed by atoms with Gasteiger partial charge in [-0.2, -0.15) is 0 Å². The van der Waals surface area contributed by atoms with Gasteiger partial charge in [0.2, 0.25) is 0 Å². The number of hydrogen-bond donors (Lipinski definition) is 1. The Hall–Kier alpha value is -1.09. The van der Waals surface area contributed by atoms with Crippen LogP contribution in [0.25, 0.3) is 0 Å². The van der Waals surface area contributed by atoms with E-state index in [4.69, 9.17) is 5.11 Å². The first kappa shape index (κ1) is 7.02. The SMILES string of the molecule is C=C1C=CC(=O)N1CCO. The second-order valence-corrected chi connectivity index (χ2v) is 2.04. The molecule has 1 N–H and O–H groups in total. The fourth-order valence-corrected chi connectivity index (χ4v) is 0.843. The lowest BCUT2D eigenvalue weighted by molar-refractivity contribution is -0.123. The fourth-order valence-electron chi connectivity index (χ4n) is 0.843. The summed E-state index contributed by atoms with van der Waals surface area (Å²) < 4.78 is 0. The molecule has 0 atom stereocenters. The van der Waals surface area contributed by atoms with Crippen molar-refractivity contribution in [3.8, 4) is 0 Å². The first-order chi connectivity index (χ1) is 4.75. The van der Waals surface area contributed by atoms with Crippen molar-refractivity contribution in [2.45, 2.75) is 0 Å². The van der Waals surface area contributed by atoms with Crippen LogP contribution in [0, 0.1) is 0 Å². The summed E-state index contributed by atoms with van der Waals surface area (Å²) in [5.74, 6) is -0.0981. The average Bonchev–Trinajstić information content (AvgIpc) is 2.20. The highest BCUT2D eigenvalue weighted by atomic mass is 16.3. The van der Waals surface area contributed by atoms with Crippen LogP contribution in [0.15, 0.2) is 24.4 Å². The molecule has 1 amide bonds. The lowest BCUT2D eigenvalue weighted by Gasteiger charge is -2.14. The number of rotatable bonds is 2. The molecule has 54 valence electrons. The van der Waals surface area contributed by atoms with Crippen molar-refractivity contribution in [2.75, 3.05) is 13.2 Å². The molecule has 10 heavy (non-hydrogen) atoms. The van der Waals surface area contributed by atoms with Crippen LogP contribution < -0.4 is 0 Å². The zero-order valence-electron chi connectivity index (χ0n) is 5.58. The van der Waals surface area contributed by atoms with E-state index in [-0.39, 0.29) is 12.5 Å². The Balaban J connectivity index is 2.60. The molecule has 0 saturated heterocycles. The molecule has 3 nitrogen and oxygen atoms in total. The predicted octanol–water partition coefficient (Wildman–Crippen LogP) is -0.109. The molecule has 0 spiro atoms. The van der Waals surface area contributed by atoms with Crippen LogP contribution in [0.3, 0.4) is 0 Å². The standard InChI is InChI=1S/C7H9NO2/c1-6-2-3-7(10)8(6)4-5-9/h2-3,9H,1,4-5H2. The van der Waals surface area contributed by atoms with E-state index in [1.54, 1.807) is 6.08 Å². The van der Waals surface area contributed by atoms with Crippen LogP contribution in [0.4, 0.5) is 0 Å². The number of amides is 1. The van der Waals surface area contributed by atoms with Gasteiger partial charge in [-0.1, -0.05) is 6.58 Å². The average molecular weight is 139 g/mol. The summed E-state index contributed by atoms with van der Waals surface area (Å²) in [5, 5.41) is 8.50. The highest BCUT2D eigenvalue weighted by molar-refractivity contribution is 5.92. The van der Waals surface area contributed by atoms with E-state index < -0.39 is 0 Å². The zero-order chi connectivity index (χ0) is 7.56. The van der Waals surface area contributed by atoms with E-state index in [2.05, 4.69) is 6.58 Å². The Morgan fingerprint density at radius 3 is 2.70 bits per heavy atom. The number of carbonyl (C=O) groups excluding carboxylic acids is 1. The molecule has 0 fully saturated rings. The van der Waals surface area contributed by atoms with Crippen molar-refractivity contribution in [3.05, 3.63) is 24.4 Å². The van der Waals surface area contributed by atoms with Crippen LogP contribution in [0.2, 0.25) is 0 Å². The van der Waals surface area contributed by atoms with Crippen molar-refractivity contribution in [2.24, 2.45) is 0 Å². The van der Waals surface area contributed by atoms with Crippen LogP contribution in [0.1, 0.15) is 0 Å². The van der Waals surface area contributed by atoms with Gasteiger partial charge in [-0.15, -0.1) is 0 Å². The topological polar surface area (TPSA) is 40.5 Å². The Labute approximate surface area is 59.3 Å². The Kier molecular flexibility index (Phi) is 1.87. The van der Waals surface area contributed by atoms with Crippen molar-refractivity contribution >= 4 is 5.91 Å². The number of aliphatic hydroxyl groups excluding tert-OH is 1.